The SMILES string of the molecule is C.C.C.C.C.C#C.C#CC.C#CC#CC.C#CC#CC#C.C#CC#CC#CC.C#CC#CC#CC#CC.C#CC#CC#CC#CC#C.C#CC#CC#CC#CC#CC.C#CC#CC#CC#CC#CC#CC.CC#CC.CC#CC#CC#CC.CC#CC#CC#CC#CC#CC.N. The fourth-order valence-electron chi connectivity index (χ4n) is 1.74. The maximum atomic E-state index is 4.86. The van der Waals surface area contributed by atoms with Crippen LogP contribution in [0.3, 0.4) is 0 Å². The minimum atomic E-state index is 0. The van der Waals surface area contributed by atoms with Crippen LogP contribution in [0.1, 0.15) is 120 Å². The van der Waals surface area contributed by atoms with E-state index < -0.39 is 0 Å². The van der Waals surface area contributed by atoms with Crippen LogP contribution in [0.4, 0.5) is 0 Å². The molecule has 1 heteroatoms. The van der Waals surface area contributed by atoms with Crippen LogP contribution in [0.2, 0.25) is 0 Å². The summed E-state index contributed by atoms with van der Waals surface area (Å²) < 4.78 is 0. The first-order valence-corrected chi connectivity index (χ1v) is 23.0. The van der Waals surface area contributed by atoms with E-state index in [4.69, 9.17) is 57.8 Å². The molecule has 96 heavy (non-hydrogen) atoms. The molecule has 456 valence electrons. The summed E-state index contributed by atoms with van der Waals surface area (Å²) in [5.74, 6) is 161. The van der Waals surface area contributed by atoms with E-state index in [-0.39, 0.29) is 43.3 Å². The molecule has 0 fully saturated rings. The maximum Gasteiger partial charge on any atom is -0.00000000397 e. The zero-order valence-electron chi connectivity index (χ0n) is 52.6. The summed E-state index contributed by atoms with van der Waals surface area (Å²) in [5, 5.41) is 0. The normalized spacial score (nSPS) is 3.25. The molecule has 0 spiro atoms. The quantitative estimate of drug-likeness (QED) is 0.241. The summed E-state index contributed by atoms with van der Waals surface area (Å²) in [6.45, 7) is 20.8. The second-order valence-corrected chi connectivity index (χ2v) is 9.96. The Bertz CT molecular complexity index is 4610. The monoisotopic (exact) mass is 1230 g/mol. The van der Waals surface area contributed by atoms with E-state index in [2.05, 4.69) is 410 Å². The Balaban J connectivity index is -0.0000000439. The lowest BCUT2D eigenvalue weighted by atomic mass is 10.5. The molecular weight excluding hydrogens is 1160 g/mol. The third kappa shape index (κ3) is 309. The molecule has 0 unspecified atom stereocenters. The van der Waals surface area contributed by atoms with Crippen molar-refractivity contribution in [3.63, 3.8) is 0 Å². The van der Waals surface area contributed by atoms with Crippen molar-refractivity contribution in [2.24, 2.45) is 0 Å². The van der Waals surface area contributed by atoms with Crippen molar-refractivity contribution in [3.8, 4) is 468 Å². The predicted octanol–water partition coefficient (Wildman–Crippen LogP) is 11.1. The smallest absolute Gasteiger partial charge is 0.00000000397 e. The van der Waals surface area contributed by atoms with Gasteiger partial charge in [-0.1, -0.05) is 90.4 Å². The molecule has 0 aliphatic carbocycles. The fraction of sp³-hybridized carbons (Fsp3) is 0.179. The van der Waals surface area contributed by atoms with Crippen molar-refractivity contribution in [2.45, 2.75) is 120 Å². The summed E-state index contributed by atoms with van der Waals surface area (Å²) in [6, 6.07) is 0. The lowest BCUT2D eigenvalue weighted by Gasteiger charge is -1.54. The fourth-order valence-corrected chi connectivity index (χ4v) is 1.74. The van der Waals surface area contributed by atoms with E-state index >= 15 is 0 Å². The Kier molecular flexibility index (Phi) is 259. The molecule has 0 aromatic heterocycles. The van der Waals surface area contributed by atoms with E-state index in [9.17, 15) is 0 Å². The standard InChI is InChI=1S/C13H4.C12H6.C11H4.C10H2.C9H4.C8H6.C7H4.C6H2.C5H4.C4H6.C3H4.C2H2.5CH4.H3N/c1-3-5-7-9-11-13-12-10-8-6-4-2;1-3-5-7-9-11-12-10-8-6-4-2;1-3-5-7-9-11-10-8-6-4-2;1-3-5-7-9-10-8-6-4-2;1-3-5-7-9-8-6-4-2;1-3-5-7-8-6-4-2;1-3-5-7-6-4-2;1-3-5-6-4-2;1-3-5-4-2;1-3-4-2;1-3-2;1-2;;;;;;/h1H,2H3;1-2H3;1H,2H3;1-2H;1H,2H3;1-2H3;1H,2H3;1-2H;1H,2H3;1-2H3;1H,2H3;1-2H;5*1H4;1H3. The largest absolute Gasteiger partial charge is 0.344 e. The van der Waals surface area contributed by atoms with Gasteiger partial charge < -0.3 is 6.15 Å². The zero-order valence-corrected chi connectivity index (χ0v) is 52.6. The second-order valence-electron chi connectivity index (χ2n) is 9.96. The van der Waals surface area contributed by atoms with Crippen LogP contribution in [0.5, 0.6) is 0 Å². The first-order chi connectivity index (χ1) is 44.1. The van der Waals surface area contributed by atoms with E-state index in [1.807, 2.05) is 13.8 Å². The van der Waals surface area contributed by atoms with Gasteiger partial charge in [0.25, 0.3) is 0 Å². The van der Waals surface area contributed by atoms with Crippen LogP contribution in [0.15, 0.2) is 0 Å². The summed E-state index contributed by atoms with van der Waals surface area (Å²) in [4.78, 5) is 0. The topological polar surface area (TPSA) is 35.0 Å². The molecule has 0 bridgehead atoms. The van der Waals surface area contributed by atoms with Gasteiger partial charge in [0, 0.05) is 0 Å². The number of hydrogen-bond donors (Lipinski definition) is 1. The van der Waals surface area contributed by atoms with Crippen molar-refractivity contribution < 1.29 is 0 Å². The van der Waals surface area contributed by atoms with Gasteiger partial charge in [-0.15, -0.1) is 94.8 Å². The van der Waals surface area contributed by atoms with Crippen molar-refractivity contribution in [2.75, 3.05) is 0 Å². The van der Waals surface area contributed by atoms with E-state index in [0.29, 0.717) is 0 Å². The predicted molar refractivity (Wildman–Crippen MR) is 423 cm³/mol. The van der Waals surface area contributed by atoms with Gasteiger partial charge in [0.1, 0.15) is 0 Å². The molecule has 0 atom stereocenters. The summed E-state index contributed by atoms with van der Waals surface area (Å²) >= 11 is 0. The third-order valence-corrected chi connectivity index (χ3v) is 4.27. The molecular formula is C95H71N. The Morgan fingerprint density at radius 3 is 0.271 bits per heavy atom. The van der Waals surface area contributed by atoms with Gasteiger partial charge in [-0.2, -0.15) is 0 Å². The molecule has 0 aliphatic heterocycles. The lowest BCUT2D eigenvalue weighted by molar-refractivity contribution is 1.83. The van der Waals surface area contributed by atoms with E-state index in [1.165, 1.54) is 0 Å². The lowest BCUT2D eigenvalue weighted by Crippen LogP contribution is -1.54. The van der Waals surface area contributed by atoms with Gasteiger partial charge in [-0.25, -0.2) is 0 Å². The van der Waals surface area contributed by atoms with Crippen LogP contribution in [-0.2, 0) is 0 Å². The van der Waals surface area contributed by atoms with Gasteiger partial charge in [-0.3, -0.25) is 0 Å². The summed E-state index contributed by atoms with van der Waals surface area (Å²) in [6.07, 6.45) is 55.6. The van der Waals surface area contributed by atoms with Crippen molar-refractivity contribution in [1.29, 1.82) is 0 Å². The molecule has 0 saturated carbocycles. The van der Waals surface area contributed by atoms with Crippen LogP contribution in [0, 0.1) is 468 Å². The van der Waals surface area contributed by atoms with Crippen molar-refractivity contribution in [3.05, 3.63) is 0 Å². The highest BCUT2D eigenvalue weighted by Gasteiger charge is 1.58. The molecule has 0 rings (SSSR count). The van der Waals surface area contributed by atoms with Gasteiger partial charge in [-0.05, 0) is 403 Å². The Labute approximate surface area is 590 Å². The van der Waals surface area contributed by atoms with Crippen LogP contribution in [0.25, 0.3) is 0 Å². The zero-order chi connectivity index (χ0) is 70.7. The van der Waals surface area contributed by atoms with Crippen LogP contribution >= 0.6 is 0 Å². The van der Waals surface area contributed by atoms with Crippen molar-refractivity contribution in [1.82, 2.24) is 6.15 Å². The number of rotatable bonds is 0. The molecule has 0 heterocycles. The number of terminal acetylenes is 11. The Morgan fingerprint density at radius 2 is 0.198 bits per heavy atom. The van der Waals surface area contributed by atoms with Crippen LogP contribution in [-0.4, -0.2) is 0 Å². The average Bonchev–Trinajstić information content (AvgIpc) is 3.57. The minimum absolute atomic E-state index is 0. The highest BCUT2D eigenvalue weighted by atomic mass is 14.0. The molecule has 1 nitrogen and oxygen atoms in total. The van der Waals surface area contributed by atoms with Gasteiger partial charge in [0.15, 0.2) is 0 Å². The first-order valence-electron chi connectivity index (χ1n) is 23.0. The first kappa shape index (κ1) is 129. The highest BCUT2D eigenvalue weighted by molar-refractivity contribution is 5.46. The summed E-state index contributed by atoms with van der Waals surface area (Å²) in [5.41, 5.74) is 0. The molecule has 0 aromatic rings. The Morgan fingerprint density at radius 1 is 0.125 bits per heavy atom. The maximum absolute atomic E-state index is 4.86. The highest BCUT2D eigenvalue weighted by Crippen LogP contribution is 1.59. The molecule has 0 amide bonds. The van der Waals surface area contributed by atoms with E-state index in [0.717, 1.165) is 0 Å². The molecule has 0 saturated heterocycles. The average molecular weight is 1230 g/mol. The number of hydrogen-bond acceptors (Lipinski definition) is 1. The Hall–Kier alpha value is -17.2. The van der Waals surface area contributed by atoms with Gasteiger partial charge in [0.05, 0.1) is 0 Å². The molecule has 0 aliphatic rings. The summed E-state index contributed by atoms with van der Waals surface area (Å²) in [7, 11) is 0. The molecule has 3 N–H and O–H groups in total. The van der Waals surface area contributed by atoms with Gasteiger partial charge >= 0.3 is 0 Å². The molecule has 0 radical (unpaired) electrons. The molecule has 0 aromatic carbocycles. The van der Waals surface area contributed by atoms with Crippen molar-refractivity contribution >= 4 is 0 Å². The second kappa shape index (κ2) is 193. The van der Waals surface area contributed by atoms with E-state index in [1.54, 1.807) is 69.2 Å². The minimum Gasteiger partial charge on any atom is -0.344 e. The van der Waals surface area contributed by atoms with Gasteiger partial charge in [0.2, 0.25) is 0 Å². The third-order valence-electron chi connectivity index (χ3n) is 4.27. The van der Waals surface area contributed by atoms with Crippen LogP contribution < -0.4 is 6.15 Å².